The molecule has 0 amide bonds. The zero-order valence-electron chi connectivity index (χ0n) is 11.3. The molecule has 1 aromatic heterocycles. The molecule has 1 unspecified atom stereocenters. The van der Waals surface area contributed by atoms with E-state index in [1.165, 1.54) is 12.8 Å². The lowest BCUT2D eigenvalue weighted by Gasteiger charge is -2.10. The average Bonchev–Trinajstić information content (AvgIpc) is 2.66. The van der Waals surface area contributed by atoms with E-state index in [0.717, 1.165) is 25.2 Å². The molecular formula is C12H22N4O2. The summed E-state index contributed by atoms with van der Waals surface area (Å²) in [4.78, 5) is 11.0. The fraction of sp³-hybridized carbons (Fsp3) is 0.667. The van der Waals surface area contributed by atoms with Crippen LogP contribution in [-0.2, 0) is 16.1 Å². The number of esters is 1. The summed E-state index contributed by atoms with van der Waals surface area (Å²) in [5.41, 5.74) is 7.79. The normalized spacial score (nSPS) is 12.4. The first-order valence-electron chi connectivity index (χ1n) is 6.09. The number of nitrogens with two attached hydrogens (primary N) is 1. The third-order valence-corrected chi connectivity index (χ3v) is 2.70. The fourth-order valence-electron chi connectivity index (χ4n) is 1.75. The van der Waals surface area contributed by atoms with Crippen molar-refractivity contribution in [1.29, 1.82) is 0 Å². The van der Waals surface area contributed by atoms with E-state index in [1.54, 1.807) is 0 Å². The Bertz CT molecular complexity index is 389. The number of nitrogens with zero attached hydrogens (tertiary/aromatic N) is 2. The molecule has 1 heterocycles. The summed E-state index contributed by atoms with van der Waals surface area (Å²) in [5, 5.41) is 7.50. The Hall–Kier alpha value is -1.40. The van der Waals surface area contributed by atoms with Gasteiger partial charge in [-0.2, -0.15) is 5.10 Å². The first kappa shape index (κ1) is 14.7. The molecule has 0 aromatic carbocycles. The monoisotopic (exact) mass is 254 g/mol. The molecular weight excluding hydrogens is 232 g/mol. The van der Waals surface area contributed by atoms with E-state index in [1.807, 2.05) is 18.5 Å². The number of hydrogen-bond acceptors (Lipinski definition) is 5. The van der Waals surface area contributed by atoms with Crippen LogP contribution in [0.25, 0.3) is 0 Å². The number of aromatic nitrogens is 2. The molecule has 1 aromatic rings. The summed E-state index contributed by atoms with van der Waals surface area (Å²) in [6, 6.07) is 1.46. The maximum Gasteiger partial charge on any atom is 0.323 e. The maximum absolute atomic E-state index is 11.0. The van der Waals surface area contributed by atoms with Crippen LogP contribution in [0, 0.1) is 13.8 Å². The Morgan fingerprint density at radius 2 is 2.33 bits per heavy atom. The van der Waals surface area contributed by atoms with Crippen molar-refractivity contribution < 1.29 is 9.53 Å². The number of carbonyl (C=O) groups excluding carboxylic acids is 1. The smallest absolute Gasteiger partial charge is 0.323 e. The topological polar surface area (TPSA) is 82.2 Å². The lowest BCUT2D eigenvalue weighted by atomic mass is 10.3. The third-order valence-electron chi connectivity index (χ3n) is 2.70. The van der Waals surface area contributed by atoms with Crippen molar-refractivity contribution in [2.75, 3.05) is 20.2 Å². The Balaban J connectivity index is 2.16. The van der Waals surface area contributed by atoms with Gasteiger partial charge < -0.3 is 15.8 Å². The number of ether oxygens (including phenoxy) is 1. The molecule has 6 heteroatoms. The number of methoxy groups -OCH3 is 1. The minimum absolute atomic E-state index is 0.388. The van der Waals surface area contributed by atoms with Crippen molar-refractivity contribution in [2.45, 2.75) is 32.9 Å². The molecule has 0 aliphatic rings. The van der Waals surface area contributed by atoms with Crippen LogP contribution in [-0.4, -0.2) is 42.0 Å². The lowest BCUT2D eigenvalue weighted by molar-refractivity contribution is -0.142. The highest BCUT2D eigenvalue weighted by Crippen LogP contribution is 2.02. The maximum atomic E-state index is 11.0. The van der Waals surface area contributed by atoms with Crippen LogP contribution in [0.5, 0.6) is 0 Å². The minimum Gasteiger partial charge on any atom is -0.468 e. The van der Waals surface area contributed by atoms with Crippen molar-refractivity contribution in [3.05, 3.63) is 17.5 Å². The summed E-state index contributed by atoms with van der Waals surface area (Å²) < 4.78 is 6.52. The van der Waals surface area contributed by atoms with Gasteiger partial charge in [0.2, 0.25) is 0 Å². The molecule has 102 valence electrons. The molecule has 1 rings (SSSR count). The second kappa shape index (κ2) is 7.13. The van der Waals surface area contributed by atoms with Crippen LogP contribution < -0.4 is 11.1 Å². The molecule has 0 saturated carbocycles. The van der Waals surface area contributed by atoms with Crippen molar-refractivity contribution in [1.82, 2.24) is 15.1 Å². The molecule has 18 heavy (non-hydrogen) atoms. The van der Waals surface area contributed by atoms with Crippen molar-refractivity contribution in [3.63, 3.8) is 0 Å². The molecule has 0 saturated heterocycles. The second-order valence-electron chi connectivity index (χ2n) is 4.34. The van der Waals surface area contributed by atoms with Crippen LogP contribution in [0.3, 0.4) is 0 Å². The lowest BCUT2D eigenvalue weighted by Crippen LogP contribution is -2.41. The molecule has 0 bridgehead atoms. The van der Waals surface area contributed by atoms with E-state index in [9.17, 15) is 4.79 Å². The van der Waals surface area contributed by atoms with Crippen molar-refractivity contribution in [2.24, 2.45) is 5.73 Å². The Kier molecular flexibility index (Phi) is 5.80. The third kappa shape index (κ3) is 4.46. The zero-order chi connectivity index (χ0) is 13.5. The number of rotatable bonds is 7. The van der Waals surface area contributed by atoms with Crippen LogP contribution in [0.1, 0.15) is 17.8 Å². The first-order valence-corrected chi connectivity index (χ1v) is 6.09. The van der Waals surface area contributed by atoms with Gasteiger partial charge >= 0.3 is 5.97 Å². The Morgan fingerprint density at radius 1 is 1.61 bits per heavy atom. The van der Waals surface area contributed by atoms with Gasteiger partial charge in [0.15, 0.2) is 0 Å². The number of nitrogens with one attached hydrogen (secondary N) is 1. The molecule has 0 radical (unpaired) electrons. The highest BCUT2D eigenvalue weighted by molar-refractivity contribution is 5.75. The summed E-state index contributed by atoms with van der Waals surface area (Å²) in [7, 11) is 1.34. The van der Waals surface area contributed by atoms with E-state index in [2.05, 4.69) is 21.2 Å². The second-order valence-corrected chi connectivity index (χ2v) is 4.34. The average molecular weight is 254 g/mol. The highest BCUT2D eigenvalue weighted by atomic mass is 16.5. The SMILES string of the molecule is COC(=O)C(N)CNCCCn1nc(C)cc1C. The number of hydrogen-bond donors (Lipinski definition) is 2. The van der Waals surface area contributed by atoms with E-state index >= 15 is 0 Å². The van der Waals surface area contributed by atoms with Gasteiger partial charge in [0, 0.05) is 18.8 Å². The number of aryl methyl sites for hydroxylation is 3. The molecule has 0 spiro atoms. The summed E-state index contributed by atoms with van der Waals surface area (Å²) in [5.74, 6) is -0.388. The van der Waals surface area contributed by atoms with Crippen LogP contribution in [0.4, 0.5) is 0 Å². The standard InChI is InChI=1S/C12H22N4O2/c1-9-7-10(2)16(15-9)6-4-5-14-8-11(13)12(17)18-3/h7,11,14H,4-6,8,13H2,1-3H3. The van der Waals surface area contributed by atoms with Gasteiger partial charge in [-0.3, -0.25) is 9.48 Å². The quantitative estimate of drug-likeness (QED) is 0.528. The van der Waals surface area contributed by atoms with Gasteiger partial charge in [0.05, 0.1) is 12.8 Å². The van der Waals surface area contributed by atoms with Crippen LogP contribution in [0.2, 0.25) is 0 Å². The Morgan fingerprint density at radius 3 is 2.89 bits per heavy atom. The summed E-state index contributed by atoms with van der Waals surface area (Å²) in [6.07, 6.45) is 0.940. The van der Waals surface area contributed by atoms with Gasteiger partial charge in [-0.15, -0.1) is 0 Å². The predicted octanol–water partition coefficient (Wildman–Crippen LogP) is -0.0201. The van der Waals surface area contributed by atoms with Crippen LogP contribution in [0.15, 0.2) is 6.07 Å². The van der Waals surface area contributed by atoms with Gasteiger partial charge in [-0.05, 0) is 32.9 Å². The van der Waals surface area contributed by atoms with Crippen LogP contribution >= 0.6 is 0 Å². The molecule has 0 aliphatic carbocycles. The van der Waals surface area contributed by atoms with E-state index in [0.29, 0.717) is 6.54 Å². The summed E-state index contributed by atoms with van der Waals surface area (Å²) >= 11 is 0. The first-order chi connectivity index (χ1) is 8.54. The molecule has 3 N–H and O–H groups in total. The van der Waals surface area contributed by atoms with E-state index in [4.69, 9.17) is 5.73 Å². The highest BCUT2D eigenvalue weighted by Gasteiger charge is 2.12. The molecule has 0 fully saturated rings. The largest absolute Gasteiger partial charge is 0.468 e. The molecule has 0 aliphatic heterocycles. The predicted molar refractivity (Wildman–Crippen MR) is 69.2 cm³/mol. The van der Waals surface area contributed by atoms with Gasteiger partial charge in [-0.25, -0.2) is 0 Å². The summed E-state index contributed by atoms with van der Waals surface area (Å²) in [6.45, 7) is 6.12. The molecule has 1 atom stereocenters. The fourth-order valence-corrected chi connectivity index (χ4v) is 1.75. The van der Waals surface area contributed by atoms with Gasteiger partial charge in [0.25, 0.3) is 0 Å². The van der Waals surface area contributed by atoms with E-state index < -0.39 is 6.04 Å². The minimum atomic E-state index is -0.594. The van der Waals surface area contributed by atoms with Gasteiger partial charge in [0.1, 0.15) is 6.04 Å². The van der Waals surface area contributed by atoms with Gasteiger partial charge in [-0.1, -0.05) is 0 Å². The van der Waals surface area contributed by atoms with Crippen molar-refractivity contribution in [3.8, 4) is 0 Å². The molecule has 6 nitrogen and oxygen atoms in total. The zero-order valence-corrected chi connectivity index (χ0v) is 11.3. The van der Waals surface area contributed by atoms with E-state index in [-0.39, 0.29) is 5.97 Å². The number of carbonyl (C=O) groups is 1. The Labute approximate surface area is 107 Å². The van der Waals surface area contributed by atoms with Crippen molar-refractivity contribution >= 4 is 5.97 Å².